The van der Waals surface area contributed by atoms with Crippen molar-refractivity contribution < 1.29 is 4.70 Å². The van der Waals surface area contributed by atoms with Gasteiger partial charge in [-0.25, -0.2) is 0 Å². The summed E-state index contributed by atoms with van der Waals surface area (Å²) in [6.07, 6.45) is 5.40. The molecule has 72 valence electrons. The molecular formula is C10H25F. The van der Waals surface area contributed by atoms with Crippen LogP contribution in [0.5, 0.6) is 0 Å². The Bertz CT molecular complexity index is 42.1. The highest BCUT2D eigenvalue weighted by atomic mass is 19.0. The van der Waals surface area contributed by atoms with Gasteiger partial charge in [0.2, 0.25) is 0 Å². The van der Waals surface area contributed by atoms with E-state index in [1.54, 1.807) is 0 Å². The van der Waals surface area contributed by atoms with Crippen LogP contribution in [0.4, 0.5) is 4.70 Å². The van der Waals surface area contributed by atoms with Crippen LogP contribution in [0.1, 0.15) is 60.3 Å². The normalized spacial score (nSPS) is 8.18. The topological polar surface area (TPSA) is 0 Å². The molecule has 0 radical (unpaired) electrons. The van der Waals surface area contributed by atoms with Gasteiger partial charge in [0.25, 0.3) is 0 Å². The number of hydrogen-bond acceptors (Lipinski definition) is 0. The van der Waals surface area contributed by atoms with E-state index in [0.717, 1.165) is 5.92 Å². The van der Waals surface area contributed by atoms with E-state index in [0.29, 0.717) is 0 Å². The van der Waals surface area contributed by atoms with Gasteiger partial charge >= 0.3 is 0 Å². The molecule has 0 atom stereocenters. The maximum absolute atomic E-state index is 2.27. The zero-order chi connectivity index (χ0) is 8.41. The van der Waals surface area contributed by atoms with Crippen molar-refractivity contribution in [3.63, 3.8) is 0 Å². The minimum Gasteiger partial charge on any atom is -0.269 e. The van der Waals surface area contributed by atoms with Crippen molar-refractivity contribution in [1.29, 1.82) is 0 Å². The molecule has 0 spiro atoms. The van der Waals surface area contributed by atoms with Gasteiger partial charge in [-0.3, -0.25) is 4.70 Å². The molecule has 0 aliphatic rings. The quantitative estimate of drug-likeness (QED) is 0.580. The van der Waals surface area contributed by atoms with Crippen LogP contribution in [-0.4, -0.2) is 0 Å². The fourth-order valence-electron chi connectivity index (χ4n) is 0.612. The van der Waals surface area contributed by atoms with Crippen LogP contribution in [0, 0.1) is 5.92 Å². The highest BCUT2D eigenvalue weighted by Crippen LogP contribution is 2.04. The smallest absolute Gasteiger partial charge is 0.0471 e. The van der Waals surface area contributed by atoms with Gasteiger partial charge < -0.3 is 0 Å². The Hall–Kier alpha value is -0.0700. The SMILES string of the molecule is CCC.CCCCC(C)C.F. The molecule has 0 unspecified atom stereocenters. The molecule has 11 heavy (non-hydrogen) atoms. The van der Waals surface area contributed by atoms with Crippen molar-refractivity contribution in [3.05, 3.63) is 0 Å². The van der Waals surface area contributed by atoms with Crippen LogP contribution < -0.4 is 0 Å². The van der Waals surface area contributed by atoms with E-state index >= 15 is 0 Å². The molecule has 0 aromatic rings. The third-order valence-electron chi connectivity index (χ3n) is 1.14. The Morgan fingerprint density at radius 2 is 1.36 bits per heavy atom. The molecule has 0 N–H and O–H groups in total. The molecule has 0 aromatic carbocycles. The van der Waals surface area contributed by atoms with Crippen LogP contribution >= 0.6 is 0 Å². The molecule has 0 aliphatic carbocycles. The molecule has 0 nitrogen and oxygen atoms in total. The molecule has 0 saturated carbocycles. The van der Waals surface area contributed by atoms with Crippen molar-refractivity contribution in [2.75, 3.05) is 0 Å². The first-order valence-corrected chi connectivity index (χ1v) is 4.68. The van der Waals surface area contributed by atoms with Crippen LogP contribution in [0.2, 0.25) is 0 Å². The van der Waals surface area contributed by atoms with Crippen molar-refractivity contribution >= 4 is 0 Å². The fourth-order valence-corrected chi connectivity index (χ4v) is 0.612. The molecule has 0 amide bonds. The van der Waals surface area contributed by atoms with Crippen molar-refractivity contribution in [2.24, 2.45) is 5.92 Å². The average Bonchev–Trinajstić information content (AvgIpc) is 1.85. The summed E-state index contributed by atoms with van der Waals surface area (Å²) in [5.74, 6) is 0.903. The summed E-state index contributed by atoms with van der Waals surface area (Å²) in [5.41, 5.74) is 0. The minimum absolute atomic E-state index is 0. The second-order valence-electron chi connectivity index (χ2n) is 3.24. The number of hydrogen-bond donors (Lipinski definition) is 0. The first-order valence-electron chi connectivity index (χ1n) is 4.68. The van der Waals surface area contributed by atoms with E-state index in [4.69, 9.17) is 0 Å². The zero-order valence-electron chi connectivity index (χ0n) is 8.81. The van der Waals surface area contributed by atoms with Gasteiger partial charge in [0.05, 0.1) is 0 Å². The molecular weight excluding hydrogens is 139 g/mol. The third-order valence-corrected chi connectivity index (χ3v) is 1.14. The van der Waals surface area contributed by atoms with Gasteiger partial charge in [0, 0.05) is 0 Å². The maximum atomic E-state index is 2.27. The lowest BCUT2D eigenvalue weighted by atomic mass is 10.1. The van der Waals surface area contributed by atoms with E-state index in [2.05, 4.69) is 34.6 Å². The predicted octanol–water partition coefficient (Wildman–Crippen LogP) is 4.40. The molecule has 0 heterocycles. The van der Waals surface area contributed by atoms with Gasteiger partial charge in [-0.1, -0.05) is 60.3 Å². The van der Waals surface area contributed by atoms with Crippen LogP contribution in [0.15, 0.2) is 0 Å². The molecule has 0 aliphatic heterocycles. The Balaban J connectivity index is -0.000000140. The lowest BCUT2D eigenvalue weighted by Gasteiger charge is -1.98. The highest BCUT2D eigenvalue weighted by Gasteiger charge is 1.88. The second kappa shape index (κ2) is 16.5. The van der Waals surface area contributed by atoms with E-state index in [1.807, 2.05) is 0 Å². The predicted molar refractivity (Wildman–Crippen MR) is 52.8 cm³/mol. The summed E-state index contributed by atoms with van der Waals surface area (Å²) in [6.45, 7) is 11.0. The lowest BCUT2D eigenvalue weighted by molar-refractivity contribution is 0.550. The molecule has 0 rings (SSSR count). The van der Waals surface area contributed by atoms with Gasteiger partial charge in [-0.15, -0.1) is 0 Å². The van der Waals surface area contributed by atoms with Crippen molar-refractivity contribution in [1.82, 2.24) is 0 Å². The first-order chi connectivity index (χ1) is 4.68. The van der Waals surface area contributed by atoms with E-state index in [1.165, 1.54) is 25.7 Å². The van der Waals surface area contributed by atoms with Gasteiger partial charge in [0.15, 0.2) is 0 Å². The summed E-state index contributed by atoms with van der Waals surface area (Å²) in [5, 5.41) is 0. The molecule has 0 saturated heterocycles. The first kappa shape index (κ1) is 17.1. The van der Waals surface area contributed by atoms with Gasteiger partial charge in [0.1, 0.15) is 0 Å². The summed E-state index contributed by atoms with van der Waals surface area (Å²) in [4.78, 5) is 0. The lowest BCUT2D eigenvalue weighted by Crippen LogP contribution is -1.83. The maximum Gasteiger partial charge on any atom is -0.0471 e. The standard InChI is InChI=1S/C7H16.C3H8.FH/c1-4-5-6-7(2)3;1-3-2;/h7H,4-6H2,1-3H3;3H2,1-2H3;1H. The number of rotatable bonds is 3. The Labute approximate surface area is 71.8 Å². The molecule has 1 heteroatoms. The van der Waals surface area contributed by atoms with E-state index < -0.39 is 0 Å². The Kier molecular flexibility index (Phi) is 25.7. The van der Waals surface area contributed by atoms with Gasteiger partial charge in [-0.05, 0) is 5.92 Å². The third kappa shape index (κ3) is 40.4. The van der Waals surface area contributed by atoms with Crippen LogP contribution in [0.3, 0.4) is 0 Å². The van der Waals surface area contributed by atoms with Crippen LogP contribution in [-0.2, 0) is 0 Å². The second-order valence-corrected chi connectivity index (χ2v) is 3.24. The summed E-state index contributed by atoms with van der Waals surface area (Å²) in [7, 11) is 0. The Morgan fingerprint density at radius 1 is 1.00 bits per heavy atom. The van der Waals surface area contributed by atoms with Crippen LogP contribution in [0.25, 0.3) is 0 Å². The monoisotopic (exact) mass is 164 g/mol. The van der Waals surface area contributed by atoms with E-state index in [-0.39, 0.29) is 4.70 Å². The minimum atomic E-state index is 0. The number of unbranched alkanes of at least 4 members (excludes halogenated alkanes) is 1. The summed E-state index contributed by atoms with van der Waals surface area (Å²) in [6, 6.07) is 0. The zero-order valence-corrected chi connectivity index (χ0v) is 8.81. The molecule has 0 aromatic heterocycles. The van der Waals surface area contributed by atoms with E-state index in [9.17, 15) is 0 Å². The molecule has 0 fully saturated rings. The average molecular weight is 164 g/mol. The number of halogens is 1. The van der Waals surface area contributed by atoms with Gasteiger partial charge in [-0.2, -0.15) is 0 Å². The van der Waals surface area contributed by atoms with Crippen molar-refractivity contribution in [2.45, 2.75) is 60.3 Å². The fraction of sp³-hybridized carbons (Fsp3) is 1.00. The largest absolute Gasteiger partial charge is 0.269 e. The Morgan fingerprint density at radius 3 is 1.45 bits per heavy atom. The molecule has 0 bridgehead atoms. The van der Waals surface area contributed by atoms with Crippen molar-refractivity contribution in [3.8, 4) is 0 Å². The summed E-state index contributed by atoms with van der Waals surface area (Å²) < 4.78 is 0. The highest BCUT2D eigenvalue weighted by molar-refractivity contribution is 4.42. The summed E-state index contributed by atoms with van der Waals surface area (Å²) >= 11 is 0.